The van der Waals surface area contributed by atoms with E-state index >= 15 is 0 Å². The zero-order valence-electron chi connectivity index (χ0n) is 11.5. The highest BCUT2D eigenvalue weighted by molar-refractivity contribution is 7.71. The predicted octanol–water partition coefficient (Wildman–Crippen LogP) is 3.29. The number of ether oxygens (including phenoxy) is 1. The normalized spacial score (nSPS) is 17.1. The number of imidazole rings is 1. The average molecular weight is 346 g/mol. The van der Waals surface area contributed by atoms with Crippen molar-refractivity contribution in [2.45, 2.75) is 18.9 Å². The van der Waals surface area contributed by atoms with E-state index in [2.05, 4.69) is 9.82 Å². The molecule has 0 spiro atoms. The second kappa shape index (κ2) is 6.36. The molecule has 118 valence electrons. The first-order chi connectivity index (χ1) is 10.6. The molecule has 0 radical (unpaired) electrons. The molecule has 4 nitrogen and oxygen atoms in total. The topological polar surface area (TPSA) is 42.0 Å². The van der Waals surface area contributed by atoms with E-state index in [-0.39, 0.29) is 18.4 Å². The van der Waals surface area contributed by atoms with Gasteiger partial charge in [-0.1, -0.05) is 0 Å². The van der Waals surface area contributed by atoms with Crippen molar-refractivity contribution in [2.75, 3.05) is 13.2 Å². The molecule has 0 saturated carbocycles. The summed E-state index contributed by atoms with van der Waals surface area (Å²) in [6.07, 6.45) is 2.95. The van der Waals surface area contributed by atoms with Gasteiger partial charge >= 0.3 is 0 Å². The lowest BCUT2D eigenvalue weighted by Gasteiger charge is -2.28. The lowest BCUT2D eigenvalue weighted by atomic mass is 10.0. The number of aromatic nitrogens is 2. The molecular formula is C14H14ClF2N3OS. The Hall–Kier alpha value is -1.44. The van der Waals surface area contributed by atoms with Crippen LogP contribution in [-0.2, 0) is 12.8 Å². The number of fused-ring (bicyclic) bond motifs is 1. The molecule has 3 rings (SSSR count). The number of rotatable bonds is 4. The van der Waals surface area contributed by atoms with Crippen molar-refractivity contribution < 1.29 is 13.5 Å². The third-order valence-corrected chi connectivity index (χ3v) is 4.20. The first kappa shape index (κ1) is 15.5. The summed E-state index contributed by atoms with van der Waals surface area (Å²) in [4.78, 5) is 5.56. The maximum atomic E-state index is 13.7. The van der Waals surface area contributed by atoms with Crippen molar-refractivity contribution in [2.24, 2.45) is 0 Å². The van der Waals surface area contributed by atoms with E-state index in [1.807, 2.05) is 10.8 Å². The smallest absolute Gasteiger partial charge is 0.177 e. The highest BCUT2D eigenvalue weighted by Gasteiger charge is 2.26. The van der Waals surface area contributed by atoms with Crippen LogP contribution >= 0.6 is 24.0 Å². The molecule has 0 fully saturated rings. The molecule has 22 heavy (non-hydrogen) atoms. The lowest BCUT2D eigenvalue weighted by Crippen LogP contribution is -2.27. The second-order valence-electron chi connectivity index (χ2n) is 5.13. The first-order valence-corrected chi connectivity index (χ1v) is 7.61. The highest BCUT2D eigenvalue weighted by atomic mass is 35.5. The van der Waals surface area contributed by atoms with Crippen LogP contribution in [0.4, 0.5) is 8.78 Å². The molecule has 8 heteroatoms. The minimum absolute atomic E-state index is 0.113. The summed E-state index contributed by atoms with van der Waals surface area (Å²) in [7, 11) is 0. The first-order valence-electron chi connectivity index (χ1n) is 6.83. The van der Waals surface area contributed by atoms with Crippen molar-refractivity contribution in [1.29, 1.82) is 0 Å². The minimum Gasteiger partial charge on any atom is -0.488 e. The van der Waals surface area contributed by atoms with Crippen molar-refractivity contribution in [1.82, 2.24) is 14.4 Å². The lowest BCUT2D eigenvalue weighted by molar-refractivity contribution is 0.210. The molecule has 2 N–H and O–H groups in total. The summed E-state index contributed by atoms with van der Waals surface area (Å²) in [6, 6.07) is 2.03. The Bertz CT molecular complexity index is 746. The maximum Gasteiger partial charge on any atom is 0.177 e. The van der Waals surface area contributed by atoms with E-state index in [0.717, 1.165) is 11.8 Å². The van der Waals surface area contributed by atoms with Crippen LogP contribution in [0.5, 0.6) is 5.75 Å². The number of aromatic amines is 1. The monoisotopic (exact) mass is 345 g/mol. The zero-order chi connectivity index (χ0) is 15.7. The van der Waals surface area contributed by atoms with E-state index in [4.69, 9.17) is 28.7 Å². The molecule has 1 aromatic heterocycles. The Morgan fingerprint density at radius 2 is 2.27 bits per heavy atom. The standard InChI is InChI=1S/C14H14ClF2N3OS/c15-19-2-1-10-6-18-14(22)20(10)11-4-8-3-9(16)5-12(17)13(8)21-7-11/h3,5-6,11,19H,1-2,4,7H2,(H,18,22). The van der Waals surface area contributed by atoms with Gasteiger partial charge in [0.2, 0.25) is 0 Å². The van der Waals surface area contributed by atoms with Gasteiger partial charge in [0.05, 0.1) is 6.04 Å². The number of nitrogens with zero attached hydrogens (tertiary/aromatic N) is 1. The Kier molecular flexibility index (Phi) is 4.46. The second-order valence-corrected chi connectivity index (χ2v) is 5.79. The van der Waals surface area contributed by atoms with Gasteiger partial charge < -0.3 is 14.3 Å². The third kappa shape index (κ3) is 2.88. The van der Waals surface area contributed by atoms with Crippen molar-refractivity contribution in [3.8, 4) is 5.75 Å². The van der Waals surface area contributed by atoms with Crippen LogP contribution in [0.2, 0.25) is 0 Å². The van der Waals surface area contributed by atoms with Crippen LogP contribution in [0.3, 0.4) is 0 Å². The predicted molar refractivity (Wildman–Crippen MR) is 81.8 cm³/mol. The van der Waals surface area contributed by atoms with Gasteiger partial charge in [-0.25, -0.2) is 13.6 Å². The van der Waals surface area contributed by atoms with Crippen molar-refractivity contribution in [3.63, 3.8) is 0 Å². The van der Waals surface area contributed by atoms with Crippen LogP contribution in [0, 0.1) is 16.4 Å². The molecule has 0 bridgehead atoms. The number of H-pyrrole nitrogens is 1. The molecule has 1 aromatic carbocycles. The Morgan fingerprint density at radius 3 is 3.05 bits per heavy atom. The van der Waals surface area contributed by atoms with Gasteiger partial charge in [-0.05, 0) is 30.1 Å². The van der Waals surface area contributed by atoms with Crippen molar-refractivity contribution in [3.05, 3.63) is 46.0 Å². The van der Waals surface area contributed by atoms with E-state index in [1.54, 1.807) is 0 Å². The van der Waals surface area contributed by atoms with Gasteiger partial charge in [0.1, 0.15) is 12.4 Å². The maximum absolute atomic E-state index is 13.7. The summed E-state index contributed by atoms with van der Waals surface area (Å²) in [6.45, 7) is 0.866. The van der Waals surface area contributed by atoms with Gasteiger partial charge in [-0.15, -0.1) is 0 Å². The Balaban J connectivity index is 1.92. The summed E-state index contributed by atoms with van der Waals surface area (Å²) < 4.78 is 35.1. The fourth-order valence-electron chi connectivity index (χ4n) is 2.77. The largest absolute Gasteiger partial charge is 0.488 e. The van der Waals surface area contributed by atoms with E-state index in [9.17, 15) is 8.78 Å². The third-order valence-electron chi connectivity index (χ3n) is 3.69. The quantitative estimate of drug-likeness (QED) is 0.660. The van der Waals surface area contributed by atoms with Gasteiger partial charge in [-0.2, -0.15) is 0 Å². The molecule has 2 aromatic rings. The molecule has 1 unspecified atom stereocenters. The fraction of sp³-hybridized carbons (Fsp3) is 0.357. The summed E-state index contributed by atoms with van der Waals surface area (Å²) >= 11 is 10.8. The van der Waals surface area contributed by atoms with Crippen LogP contribution in [0.25, 0.3) is 0 Å². The SMILES string of the molecule is Fc1cc(F)c2c(c1)CC(n1c(CCNCl)c[nH]c1=S)CO2. The molecule has 1 aliphatic rings. The average Bonchev–Trinajstić information content (AvgIpc) is 2.85. The Labute approximate surface area is 136 Å². The molecule has 2 heterocycles. The summed E-state index contributed by atoms with van der Waals surface area (Å²) in [5, 5.41) is 0. The van der Waals surface area contributed by atoms with Crippen LogP contribution < -0.4 is 9.57 Å². The minimum atomic E-state index is -0.669. The Morgan fingerprint density at radius 1 is 1.45 bits per heavy atom. The number of hydrogen-bond donors (Lipinski definition) is 2. The van der Waals surface area contributed by atoms with Gasteiger partial charge in [0.15, 0.2) is 16.3 Å². The fourth-order valence-corrected chi connectivity index (χ4v) is 3.19. The molecule has 1 atom stereocenters. The molecule has 0 aliphatic carbocycles. The number of hydrogen-bond acceptors (Lipinski definition) is 3. The van der Waals surface area contributed by atoms with Crippen LogP contribution in [0.15, 0.2) is 18.3 Å². The molecule has 0 saturated heterocycles. The van der Waals surface area contributed by atoms with Crippen LogP contribution in [-0.4, -0.2) is 22.7 Å². The van der Waals surface area contributed by atoms with Gasteiger partial charge in [0, 0.05) is 42.9 Å². The van der Waals surface area contributed by atoms with Crippen molar-refractivity contribution >= 4 is 24.0 Å². The molecule has 1 aliphatic heterocycles. The highest BCUT2D eigenvalue weighted by Crippen LogP contribution is 2.33. The molecular weight excluding hydrogens is 332 g/mol. The van der Waals surface area contributed by atoms with Crippen LogP contribution in [0.1, 0.15) is 17.3 Å². The number of benzene rings is 1. The zero-order valence-corrected chi connectivity index (χ0v) is 13.1. The number of halogens is 3. The summed E-state index contributed by atoms with van der Waals surface area (Å²) in [5.41, 5.74) is 1.48. The van der Waals surface area contributed by atoms with Gasteiger partial charge in [-0.3, -0.25) is 0 Å². The van der Waals surface area contributed by atoms with E-state index in [0.29, 0.717) is 29.7 Å². The van der Waals surface area contributed by atoms with E-state index < -0.39 is 11.6 Å². The summed E-state index contributed by atoms with van der Waals surface area (Å²) in [5.74, 6) is -1.15. The van der Waals surface area contributed by atoms with E-state index in [1.165, 1.54) is 6.07 Å². The molecule has 0 amide bonds. The van der Waals surface area contributed by atoms with Gasteiger partial charge in [0.25, 0.3) is 0 Å². The number of nitrogens with one attached hydrogen (secondary N) is 2.